The summed E-state index contributed by atoms with van der Waals surface area (Å²) in [6.07, 6.45) is 0.796. The number of hydrogen-bond acceptors (Lipinski definition) is 5. The number of methoxy groups -OCH3 is 1. The third kappa shape index (κ3) is 2.43. The van der Waals surface area contributed by atoms with Crippen LogP contribution in [0, 0.1) is 11.3 Å². The van der Waals surface area contributed by atoms with Crippen molar-refractivity contribution in [2.24, 2.45) is 5.11 Å². The van der Waals surface area contributed by atoms with E-state index in [1.54, 1.807) is 13.2 Å². The van der Waals surface area contributed by atoms with Gasteiger partial charge in [-0.25, -0.2) is 9.92 Å². The van der Waals surface area contributed by atoms with Crippen LogP contribution in [0.15, 0.2) is 29.4 Å². The first kappa shape index (κ1) is 16.5. The summed E-state index contributed by atoms with van der Waals surface area (Å²) >= 11 is 0. The second-order valence-corrected chi connectivity index (χ2v) is 6.57. The second-order valence-electron chi connectivity index (χ2n) is 6.57. The molecule has 134 valence electrons. The molecule has 26 heavy (non-hydrogen) atoms. The van der Waals surface area contributed by atoms with Gasteiger partial charge < -0.3 is 19.7 Å². The summed E-state index contributed by atoms with van der Waals surface area (Å²) in [5.41, 5.74) is 12.0. The standard InChI is InChI=1S/C19H19FN4O2/c1-24-6-5-11-12(13-7-10(20)3-4-16(13)26-2)8-14-17(15(11)9-24)22-19(25)18(14)23-21/h3-4,7-8,21-22,25H,5-6,9H2,1-2H3. The van der Waals surface area contributed by atoms with Gasteiger partial charge in [-0.2, -0.15) is 5.11 Å². The topological polar surface area (TPSA) is 84.7 Å². The molecule has 2 heterocycles. The Morgan fingerprint density at radius 1 is 1.27 bits per heavy atom. The zero-order valence-electron chi connectivity index (χ0n) is 14.6. The van der Waals surface area contributed by atoms with Gasteiger partial charge in [0, 0.05) is 24.0 Å². The molecule has 0 bridgehead atoms. The van der Waals surface area contributed by atoms with E-state index < -0.39 is 0 Å². The van der Waals surface area contributed by atoms with Gasteiger partial charge in [-0.1, -0.05) is 0 Å². The summed E-state index contributed by atoms with van der Waals surface area (Å²) in [6.45, 7) is 1.57. The van der Waals surface area contributed by atoms with Crippen molar-refractivity contribution in [3.63, 3.8) is 0 Å². The summed E-state index contributed by atoms with van der Waals surface area (Å²) in [6, 6.07) is 6.30. The number of hydrogen-bond donors (Lipinski definition) is 3. The van der Waals surface area contributed by atoms with Crippen LogP contribution in [0.4, 0.5) is 10.1 Å². The van der Waals surface area contributed by atoms with E-state index in [0.29, 0.717) is 23.2 Å². The van der Waals surface area contributed by atoms with E-state index in [2.05, 4.69) is 15.0 Å². The monoisotopic (exact) mass is 354 g/mol. The van der Waals surface area contributed by atoms with Gasteiger partial charge in [-0.05, 0) is 54.4 Å². The lowest BCUT2D eigenvalue weighted by molar-refractivity contribution is 0.314. The third-order valence-corrected chi connectivity index (χ3v) is 5.01. The number of halogens is 1. The molecule has 0 spiro atoms. The molecule has 0 amide bonds. The van der Waals surface area contributed by atoms with Gasteiger partial charge in [0.25, 0.3) is 0 Å². The number of nitrogens with one attached hydrogen (secondary N) is 2. The van der Waals surface area contributed by atoms with Crippen molar-refractivity contribution >= 4 is 16.6 Å². The Bertz CT molecular complexity index is 1030. The van der Waals surface area contributed by atoms with Crippen LogP contribution in [0.25, 0.3) is 22.0 Å². The van der Waals surface area contributed by atoms with Crippen molar-refractivity contribution in [1.29, 1.82) is 5.53 Å². The van der Waals surface area contributed by atoms with Crippen LogP contribution in [0.2, 0.25) is 0 Å². The zero-order chi connectivity index (χ0) is 18.4. The van der Waals surface area contributed by atoms with Crippen LogP contribution >= 0.6 is 0 Å². The Morgan fingerprint density at radius 2 is 2.08 bits per heavy atom. The van der Waals surface area contributed by atoms with Gasteiger partial charge in [0.2, 0.25) is 5.88 Å². The highest BCUT2D eigenvalue weighted by Gasteiger charge is 2.25. The first-order chi connectivity index (χ1) is 12.5. The Hall–Kier alpha value is -2.93. The lowest BCUT2D eigenvalue weighted by Gasteiger charge is -2.28. The summed E-state index contributed by atoms with van der Waals surface area (Å²) in [7, 11) is 3.59. The average Bonchev–Trinajstić information content (AvgIpc) is 2.96. The molecule has 0 unspecified atom stereocenters. The summed E-state index contributed by atoms with van der Waals surface area (Å²) in [5.74, 6) is 0.106. The minimum absolute atomic E-state index is 0.131. The molecule has 1 aromatic heterocycles. The molecule has 6 nitrogen and oxygen atoms in total. The maximum Gasteiger partial charge on any atom is 0.218 e. The summed E-state index contributed by atoms with van der Waals surface area (Å²) in [5, 5.41) is 14.3. The van der Waals surface area contributed by atoms with Gasteiger partial charge in [0.05, 0.1) is 12.6 Å². The van der Waals surface area contributed by atoms with Crippen molar-refractivity contribution < 1.29 is 14.2 Å². The quantitative estimate of drug-likeness (QED) is 0.612. The number of likely N-dealkylation sites (N-methyl/N-ethyl adjacent to an activating group) is 1. The zero-order valence-corrected chi connectivity index (χ0v) is 14.6. The molecule has 3 N–H and O–H groups in total. The molecule has 0 saturated heterocycles. The SMILES string of the molecule is COc1ccc(F)cc1-c1cc2c(N=N)c(O)[nH]c2c2c1CCN(C)C2. The Balaban J connectivity index is 2.10. The van der Waals surface area contributed by atoms with Crippen molar-refractivity contribution in [3.05, 3.63) is 41.2 Å². The lowest BCUT2D eigenvalue weighted by atomic mass is 9.88. The van der Waals surface area contributed by atoms with E-state index in [9.17, 15) is 9.50 Å². The average molecular weight is 354 g/mol. The van der Waals surface area contributed by atoms with E-state index in [1.807, 2.05) is 13.1 Å². The number of H-pyrrole nitrogens is 1. The van der Waals surface area contributed by atoms with E-state index in [0.717, 1.165) is 35.2 Å². The number of ether oxygens (including phenoxy) is 1. The van der Waals surface area contributed by atoms with E-state index in [1.165, 1.54) is 12.1 Å². The number of fused-ring (bicyclic) bond motifs is 3. The van der Waals surface area contributed by atoms with E-state index in [-0.39, 0.29) is 17.4 Å². The van der Waals surface area contributed by atoms with Crippen LogP contribution in [-0.2, 0) is 13.0 Å². The Morgan fingerprint density at radius 3 is 2.81 bits per heavy atom. The van der Waals surface area contributed by atoms with Crippen molar-refractivity contribution in [2.75, 3.05) is 20.7 Å². The first-order valence-electron chi connectivity index (χ1n) is 8.32. The summed E-state index contributed by atoms with van der Waals surface area (Å²) < 4.78 is 19.4. The smallest absolute Gasteiger partial charge is 0.218 e. The number of aromatic nitrogens is 1. The molecule has 3 aromatic rings. The number of aromatic amines is 1. The molecular formula is C19H19FN4O2. The third-order valence-electron chi connectivity index (χ3n) is 5.01. The lowest BCUT2D eigenvalue weighted by Crippen LogP contribution is -2.27. The van der Waals surface area contributed by atoms with Crippen LogP contribution in [0.5, 0.6) is 11.6 Å². The van der Waals surface area contributed by atoms with Gasteiger partial charge in [0.1, 0.15) is 11.6 Å². The van der Waals surface area contributed by atoms with Crippen molar-refractivity contribution in [1.82, 2.24) is 9.88 Å². The molecule has 0 saturated carbocycles. The van der Waals surface area contributed by atoms with Gasteiger partial charge >= 0.3 is 0 Å². The second kappa shape index (κ2) is 6.10. The number of rotatable bonds is 3. The molecule has 1 aliphatic rings. The molecule has 7 heteroatoms. The van der Waals surface area contributed by atoms with Crippen LogP contribution in [0.3, 0.4) is 0 Å². The molecule has 0 aliphatic carbocycles. The van der Waals surface area contributed by atoms with Crippen molar-refractivity contribution in [3.8, 4) is 22.8 Å². The molecule has 4 rings (SSSR count). The number of benzene rings is 2. The molecule has 2 aromatic carbocycles. The Kier molecular flexibility index (Phi) is 3.88. The molecule has 1 aliphatic heterocycles. The highest BCUT2D eigenvalue weighted by atomic mass is 19.1. The highest BCUT2D eigenvalue weighted by molar-refractivity contribution is 6.00. The molecule has 0 atom stereocenters. The van der Waals surface area contributed by atoms with Gasteiger partial charge in [-0.15, -0.1) is 0 Å². The van der Waals surface area contributed by atoms with E-state index in [4.69, 9.17) is 10.3 Å². The van der Waals surface area contributed by atoms with Crippen LogP contribution < -0.4 is 4.74 Å². The predicted molar refractivity (Wildman–Crippen MR) is 96.8 cm³/mol. The fourth-order valence-corrected chi connectivity index (χ4v) is 3.77. The fraction of sp³-hybridized carbons (Fsp3) is 0.263. The molecule has 0 fully saturated rings. The maximum absolute atomic E-state index is 14.0. The number of aromatic hydroxyl groups is 1. The normalized spacial score (nSPS) is 14.4. The largest absolute Gasteiger partial charge is 0.496 e. The van der Waals surface area contributed by atoms with Gasteiger partial charge in [-0.3, -0.25) is 0 Å². The minimum atomic E-state index is -0.343. The summed E-state index contributed by atoms with van der Waals surface area (Å²) in [4.78, 5) is 5.14. The predicted octanol–water partition coefficient (Wildman–Crippen LogP) is 4.34. The minimum Gasteiger partial charge on any atom is -0.496 e. The molecular weight excluding hydrogens is 335 g/mol. The van der Waals surface area contributed by atoms with Gasteiger partial charge in [0.15, 0.2) is 5.69 Å². The Labute approximate surface area is 149 Å². The fourth-order valence-electron chi connectivity index (χ4n) is 3.77. The molecule has 0 radical (unpaired) electrons. The first-order valence-corrected chi connectivity index (χ1v) is 8.32. The van der Waals surface area contributed by atoms with Crippen LogP contribution in [-0.4, -0.2) is 35.7 Å². The van der Waals surface area contributed by atoms with Crippen LogP contribution in [0.1, 0.15) is 11.1 Å². The van der Waals surface area contributed by atoms with Crippen molar-refractivity contribution in [2.45, 2.75) is 13.0 Å². The van der Waals surface area contributed by atoms with E-state index >= 15 is 0 Å². The maximum atomic E-state index is 14.0. The highest BCUT2D eigenvalue weighted by Crippen LogP contribution is 2.44. The number of nitrogens with zero attached hydrogens (tertiary/aromatic N) is 2.